The molecule has 16 heavy (non-hydrogen) atoms. The van der Waals surface area contributed by atoms with Gasteiger partial charge in [0.05, 0.1) is 13.1 Å². The van der Waals surface area contributed by atoms with Gasteiger partial charge in [-0.25, -0.2) is 9.36 Å². The van der Waals surface area contributed by atoms with Gasteiger partial charge in [0.25, 0.3) is 11.1 Å². The smallest absolute Gasteiger partial charge is 0.265 e. The lowest BCUT2D eigenvalue weighted by Gasteiger charge is -2.23. The Balaban J connectivity index is 2.38. The second-order valence-corrected chi connectivity index (χ2v) is 4.39. The van der Waals surface area contributed by atoms with Crippen molar-refractivity contribution in [3.05, 3.63) is 32.8 Å². The molecule has 0 bridgehead atoms. The van der Waals surface area contributed by atoms with E-state index in [0.717, 1.165) is 13.1 Å². The van der Waals surface area contributed by atoms with E-state index < -0.39 is 0 Å². The third kappa shape index (κ3) is 1.95. The molecule has 1 aliphatic heterocycles. The highest BCUT2D eigenvalue weighted by Gasteiger charge is 2.16. The van der Waals surface area contributed by atoms with Crippen molar-refractivity contribution in [2.45, 2.75) is 33.0 Å². The maximum Gasteiger partial charge on any atom is 0.265 e. The third-order valence-electron chi connectivity index (χ3n) is 3.10. The molecule has 0 amide bonds. The summed E-state index contributed by atoms with van der Waals surface area (Å²) in [5.74, 6) is 0. The molecular weight excluding hydrogens is 206 g/mol. The zero-order chi connectivity index (χ0) is 11.7. The molecule has 0 radical (unpaired) electrons. The predicted octanol–water partition coefficient (Wildman–Crippen LogP) is -0.266. The minimum atomic E-state index is -0.0924. The predicted molar refractivity (Wildman–Crippen MR) is 61.7 cm³/mol. The molecule has 1 aromatic heterocycles. The summed E-state index contributed by atoms with van der Waals surface area (Å²) in [6.45, 7) is 7.07. The SMILES string of the molecule is CC(C)N1CCn2c(=O)ccc(=O)n2CC1. The van der Waals surface area contributed by atoms with Crippen LogP contribution in [0, 0.1) is 0 Å². The largest absolute Gasteiger partial charge is 0.297 e. The summed E-state index contributed by atoms with van der Waals surface area (Å²) in [5, 5.41) is 0. The van der Waals surface area contributed by atoms with E-state index in [9.17, 15) is 9.59 Å². The molecule has 0 aliphatic carbocycles. The lowest BCUT2D eigenvalue weighted by molar-refractivity contribution is 0.224. The van der Waals surface area contributed by atoms with Gasteiger partial charge in [0.2, 0.25) is 0 Å². The van der Waals surface area contributed by atoms with Gasteiger partial charge in [-0.3, -0.25) is 14.5 Å². The maximum absolute atomic E-state index is 11.6. The van der Waals surface area contributed by atoms with E-state index in [1.54, 1.807) is 9.36 Å². The first-order valence-corrected chi connectivity index (χ1v) is 5.64. The number of nitrogens with zero attached hydrogens (tertiary/aromatic N) is 3. The Hall–Kier alpha value is -1.36. The normalized spacial score (nSPS) is 17.2. The molecule has 5 nitrogen and oxygen atoms in total. The van der Waals surface area contributed by atoms with Crippen molar-refractivity contribution in [1.29, 1.82) is 0 Å². The first kappa shape index (κ1) is 11.1. The Morgan fingerprint density at radius 2 is 1.38 bits per heavy atom. The summed E-state index contributed by atoms with van der Waals surface area (Å²) in [6, 6.07) is 3.15. The highest BCUT2D eigenvalue weighted by Crippen LogP contribution is 2.02. The van der Waals surface area contributed by atoms with Gasteiger partial charge in [-0.2, -0.15) is 0 Å². The molecule has 0 fully saturated rings. The molecular formula is C11H17N3O2. The molecule has 0 aromatic carbocycles. The number of rotatable bonds is 1. The van der Waals surface area contributed by atoms with Gasteiger partial charge in [0, 0.05) is 31.3 Å². The van der Waals surface area contributed by atoms with E-state index in [2.05, 4.69) is 18.7 Å². The van der Waals surface area contributed by atoms with Crippen molar-refractivity contribution >= 4 is 0 Å². The number of hydrogen-bond acceptors (Lipinski definition) is 3. The fourth-order valence-electron chi connectivity index (χ4n) is 2.09. The van der Waals surface area contributed by atoms with Crippen molar-refractivity contribution in [2.24, 2.45) is 0 Å². The lowest BCUT2D eigenvalue weighted by atomic mass is 10.3. The molecule has 5 heteroatoms. The van der Waals surface area contributed by atoms with Gasteiger partial charge in [0.15, 0.2) is 0 Å². The summed E-state index contributed by atoms with van der Waals surface area (Å²) >= 11 is 0. The molecule has 2 heterocycles. The van der Waals surface area contributed by atoms with Gasteiger partial charge in [-0.15, -0.1) is 0 Å². The van der Waals surface area contributed by atoms with Gasteiger partial charge in [-0.1, -0.05) is 0 Å². The number of fused-ring (bicyclic) bond motifs is 1. The van der Waals surface area contributed by atoms with Crippen LogP contribution in [0.4, 0.5) is 0 Å². The molecule has 0 atom stereocenters. The minimum absolute atomic E-state index is 0.0924. The summed E-state index contributed by atoms with van der Waals surface area (Å²) in [5.41, 5.74) is -0.185. The average Bonchev–Trinajstić information content (AvgIpc) is 2.46. The van der Waals surface area contributed by atoms with Crippen LogP contribution in [-0.2, 0) is 13.1 Å². The van der Waals surface area contributed by atoms with Crippen molar-refractivity contribution in [3.63, 3.8) is 0 Å². The fourth-order valence-corrected chi connectivity index (χ4v) is 2.09. The van der Waals surface area contributed by atoms with Gasteiger partial charge >= 0.3 is 0 Å². The van der Waals surface area contributed by atoms with Gasteiger partial charge in [0.1, 0.15) is 0 Å². The zero-order valence-corrected chi connectivity index (χ0v) is 9.72. The summed E-state index contributed by atoms with van der Waals surface area (Å²) in [7, 11) is 0. The van der Waals surface area contributed by atoms with Gasteiger partial charge in [-0.05, 0) is 13.8 Å². The summed E-state index contributed by atoms with van der Waals surface area (Å²) < 4.78 is 3.09. The van der Waals surface area contributed by atoms with Crippen LogP contribution in [0.5, 0.6) is 0 Å². The Labute approximate surface area is 93.9 Å². The first-order valence-electron chi connectivity index (χ1n) is 5.64. The standard InChI is InChI=1S/C11H17N3O2/c1-9(2)12-5-7-13-10(15)3-4-11(16)14(13)8-6-12/h3-4,9H,5-8H2,1-2H3. The van der Waals surface area contributed by atoms with Crippen molar-refractivity contribution in [1.82, 2.24) is 14.3 Å². The molecule has 1 aliphatic rings. The Morgan fingerprint density at radius 3 is 1.75 bits per heavy atom. The van der Waals surface area contributed by atoms with Crippen LogP contribution in [0.15, 0.2) is 21.7 Å². The fraction of sp³-hybridized carbons (Fsp3) is 0.636. The van der Waals surface area contributed by atoms with E-state index in [4.69, 9.17) is 0 Å². The third-order valence-corrected chi connectivity index (χ3v) is 3.10. The highest BCUT2D eigenvalue weighted by molar-refractivity contribution is 4.89. The van der Waals surface area contributed by atoms with E-state index >= 15 is 0 Å². The highest BCUT2D eigenvalue weighted by atomic mass is 16.2. The van der Waals surface area contributed by atoms with Crippen LogP contribution >= 0.6 is 0 Å². The minimum Gasteiger partial charge on any atom is -0.297 e. The Morgan fingerprint density at radius 1 is 0.938 bits per heavy atom. The van der Waals surface area contributed by atoms with E-state index in [1.807, 2.05) is 0 Å². The second kappa shape index (κ2) is 4.25. The van der Waals surface area contributed by atoms with Crippen LogP contribution in [0.25, 0.3) is 0 Å². The number of hydrogen-bond donors (Lipinski definition) is 0. The monoisotopic (exact) mass is 223 g/mol. The second-order valence-electron chi connectivity index (χ2n) is 4.39. The van der Waals surface area contributed by atoms with Crippen molar-refractivity contribution in [3.8, 4) is 0 Å². The topological polar surface area (TPSA) is 47.2 Å². The zero-order valence-electron chi connectivity index (χ0n) is 9.72. The quantitative estimate of drug-likeness (QED) is 0.658. The van der Waals surface area contributed by atoms with Crippen LogP contribution in [0.3, 0.4) is 0 Å². The lowest BCUT2D eigenvalue weighted by Crippen LogP contribution is -2.37. The molecule has 0 unspecified atom stereocenters. The average molecular weight is 223 g/mol. The van der Waals surface area contributed by atoms with Crippen LogP contribution < -0.4 is 11.1 Å². The van der Waals surface area contributed by atoms with E-state index in [0.29, 0.717) is 19.1 Å². The van der Waals surface area contributed by atoms with Crippen molar-refractivity contribution in [2.75, 3.05) is 13.1 Å². The van der Waals surface area contributed by atoms with E-state index in [1.165, 1.54) is 12.1 Å². The first-order chi connectivity index (χ1) is 7.59. The van der Waals surface area contributed by atoms with Crippen molar-refractivity contribution < 1.29 is 0 Å². The summed E-state index contributed by atoms with van der Waals surface area (Å²) in [4.78, 5) is 25.5. The molecule has 0 saturated heterocycles. The van der Waals surface area contributed by atoms with Crippen LogP contribution in [0.2, 0.25) is 0 Å². The molecule has 1 aromatic rings. The molecule has 0 spiro atoms. The van der Waals surface area contributed by atoms with E-state index in [-0.39, 0.29) is 11.1 Å². The van der Waals surface area contributed by atoms with Crippen LogP contribution in [-0.4, -0.2) is 33.4 Å². The Kier molecular flexibility index (Phi) is 2.96. The summed E-state index contributed by atoms with van der Waals surface area (Å²) in [6.07, 6.45) is 0. The molecule has 88 valence electrons. The molecule has 2 rings (SSSR count). The number of aromatic nitrogens is 2. The molecule has 0 saturated carbocycles. The Bertz CT molecular complexity index is 446. The van der Waals surface area contributed by atoms with Crippen LogP contribution in [0.1, 0.15) is 13.8 Å². The molecule has 0 N–H and O–H groups in total. The maximum atomic E-state index is 11.6. The van der Waals surface area contributed by atoms with Gasteiger partial charge < -0.3 is 0 Å².